The zero-order valence-electron chi connectivity index (χ0n) is 11.1. The van der Waals surface area contributed by atoms with Gasteiger partial charge in [-0.3, -0.25) is 4.79 Å². The summed E-state index contributed by atoms with van der Waals surface area (Å²) in [5.74, 6) is 0. The van der Waals surface area contributed by atoms with Gasteiger partial charge in [0, 0.05) is 30.4 Å². The van der Waals surface area contributed by atoms with Crippen LogP contribution in [0.1, 0.15) is 12.5 Å². The minimum atomic E-state index is -0.00379. The van der Waals surface area contributed by atoms with Crippen LogP contribution in [0.5, 0.6) is 0 Å². The molecule has 0 amide bonds. The zero-order valence-corrected chi connectivity index (χ0v) is 11.8. The molecule has 0 radical (unpaired) electrons. The number of anilines is 1. The Morgan fingerprint density at radius 2 is 1.89 bits per heavy atom. The molecule has 1 aromatic heterocycles. The second-order valence-corrected chi connectivity index (χ2v) is 5.18. The molecule has 0 aliphatic carbocycles. The molecular weight excluding hydrogens is 260 g/mol. The SMILES string of the molecule is CC(Cc1ccc(Cl)cc1)Nc1ccc(=O)n(C)c1. The normalized spacial score (nSPS) is 12.2. The highest BCUT2D eigenvalue weighted by molar-refractivity contribution is 6.30. The second-order valence-electron chi connectivity index (χ2n) is 4.74. The summed E-state index contributed by atoms with van der Waals surface area (Å²) in [5, 5.41) is 4.13. The van der Waals surface area contributed by atoms with Crippen molar-refractivity contribution in [3.63, 3.8) is 0 Å². The topological polar surface area (TPSA) is 34.0 Å². The molecule has 2 rings (SSSR count). The van der Waals surface area contributed by atoms with Gasteiger partial charge >= 0.3 is 0 Å². The van der Waals surface area contributed by atoms with E-state index in [0.29, 0.717) is 0 Å². The molecule has 2 aromatic rings. The molecule has 0 aliphatic heterocycles. The number of hydrogen-bond acceptors (Lipinski definition) is 2. The molecule has 100 valence electrons. The number of nitrogens with one attached hydrogen (secondary N) is 1. The molecule has 0 spiro atoms. The molecule has 1 atom stereocenters. The third-order valence-electron chi connectivity index (χ3n) is 2.95. The van der Waals surface area contributed by atoms with Gasteiger partial charge in [0.15, 0.2) is 0 Å². The Morgan fingerprint density at radius 3 is 2.53 bits per heavy atom. The van der Waals surface area contributed by atoms with Crippen molar-refractivity contribution in [2.45, 2.75) is 19.4 Å². The van der Waals surface area contributed by atoms with Crippen LogP contribution in [0.25, 0.3) is 0 Å². The Balaban J connectivity index is 2.00. The summed E-state index contributed by atoms with van der Waals surface area (Å²) >= 11 is 5.86. The largest absolute Gasteiger partial charge is 0.381 e. The Kier molecular flexibility index (Phi) is 4.27. The van der Waals surface area contributed by atoms with Gasteiger partial charge in [0.05, 0.1) is 5.69 Å². The third kappa shape index (κ3) is 3.86. The first kappa shape index (κ1) is 13.7. The summed E-state index contributed by atoms with van der Waals surface area (Å²) in [6, 6.07) is 11.5. The van der Waals surface area contributed by atoms with Crippen molar-refractivity contribution in [1.82, 2.24) is 4.57 Å². The van der Waals surface area contributed by atoms with Crippen molar-refractivity contribution >= 4 is 17.3 Å². The monoisotopic (exact) mass is 276 g/mol. The minimum Gasteiger partial charge on any atom is -0.381 e. The summed E-state index contributed by atoms with van der Waals surface area (Å²) in [6.45, 7) is 2.11. The van der Waals surface area contributed by atoms with Gasteiger partial charge < -0.3 is 9.88 Å². The Morgan fingerprint density at radius 1 is 1.21 bits per heavy atom. The summed E-state index contributed by atoms with van der Waals surface area (Å²) < 4.78 is 1.57. The summed E-state index contributed by atoms with van der Waals surface area (Å²) in [6.07, 6.45) is 2.71. The van der Waals surface area contributed by atoms with Gasteiger partial charge in [-0.1, -0.05) is 23.7 Å². The first-order valence-electron chi connectivity index (χ1n) is 6.22. The van der Waals surface area contributed by atoms with Crippen molar-refractivity contribution in [2.24, 2.45) is 7.05 Å². The highest BCUT2D eigenvalue weighted by atomic mass is 35.5. The van der Waals surface area contributed by atoms with E-state index in [1.165, 1.54) is 5.56 Å². The van der Waals surface area contributed by atoms with E-state index >= 15 is 0 Å². The van der Waals surface area contributed by atoms with Gasteiger partial charge in [-0.2, -0.15) is 0 Å². The lowest BCUT2D eigenvalue weighted by Gasteiger charge is -2.15. The molecule has 19 heavy (non-hydrogen) atoms. The number of aromatic nitrogens is 1. The summed E-state index contributed by atoms with van der Waals surface area (Å²) in [4.78, 5) is 11.3. The van der Waals surface area contributed by atoms with E-state index < -0.39 is 0 Å². The number of hydrogen-bond donors (Lipinski definition) is 1. The predicted molar refractivity (Wildman–Crippen MR) is 79.9 cm³/mol. The number of benzene rings is 1. The zero-order chi connectivity index (χ0) is 13.8. The number of aryl methyl sites for hydroxylation is 1. The van der Waals surface area contributed by atoms with Crippen LogP contribution in [0.4, 0.5) is 5.69 Å². The lowest BCUT2D eigenvalue weighted by atomic mass is 10.1. The fourth-order valence-electron chi connectivity index (χ4n) is 1.99. The van der Waals surface area contributed by atoms with Crippen molar-refractivity contribution in [1.29, 1.82) is 0 Å². The molecule has 0 bridgehead atoms. The first-order valence-corrected chi connectivity index (χ1v) is 6.60. The van der Waals surface area contributed by atoms with E-state index in [2.05, 4.69) is 12.2 Å². The van der Waals surface area contributed by atoms with Crippen molar-refractivity contribution in [2.75, 3.05) is 5.32 Å². The van der Waals surface area contributed by atoms with Gasteiger partial charge in [-0.05, 0) is 37.1 Å². The highest BCUT2D eigenvalue weighted by Gasteiger charge is 2.04. The molecule has 3 nitrogen and oxygen atoms in total. The maximum Gasteiger partial charge on any atom is 0.250 e. The highest BCUT2D eigenvalue weighted by Crippen LogP contribution is 2.13. The Bertz CT molecular complexity index is 604. The van der Waals surface area contributed by atoms with Gasteiger partial charge in [0.1, 0.15) is 0 Å². The van der Waals surface area contributed by atoms with E-state index in [1.807, 2.05) is 24.3 Å². The van der Waals surface area contributed by atoms with Gasteiger partial charge in [0.25, 0.3) is 0 Å². The van der Waals surface area contributed by atoms with Crippen molar-refractivity contribution < 1.29 is 0 Å². The van der Waals surface area contributed by atoms with Crippen LogP contribution in [0.15, 0.2) is 47.4 Å². The van der Waals surface area contributed by atoms with E-state index in [9.17, 15) is 4.79 Å². The van der Waals surface area contributed by atoms with Crippen LogP contribution in [0.2, 0.25) is 5.02 Å². The number of pyridine rings is 1. The van der Waals surface area contributed by atoms with Crippen LogP contribution >= 0.6 is 11.6 Å². The number of nitrogens with zero attached hydrogens (tertiary/aromatic N) is 1. The number of rotatable bonds is 4. The maximum absolute atomic E-state index is 11.3. The quantitative estimate of drug-likeness (QED) is 0.931. The van der Waals surface area contributed by atoms with E-state index in [-0.39, 0.29) is 11.6 Å². The first-order chi connectivity index (χ1) is 9.04. The molecule has 0 saturated heterocycles. The summed E-state index contributed by atoms with van der Waals surface area (Å²) in [5.41, 5.74) is 2.17. The van der Waals surface area contributed by atoms with E-state index in [0.717, 1.165) is 17.1 Å². The second kappa shape index (κ2) is 5.93. The summed E-state index contributed by atoms with van der Waals surface area (Å²) in [7, 11) is 1.75. The van der Waals surface area contributed by atoms with Crippen LogP contribution in [0, 0.1) is 0 Å². The smallest absolute Gasteiger partial charge is 0.250 e. The lowest BCUT2D eigenvalue weighted by molar-refractivity contribution is 0.782. The Hall–Kier alpha value is -1.74. The molecule has 1 heterocycles. The third-order valence-corrected chi connectivity index (χ3v) is 3.21. The fraction of sp³-hybridized carbons (Fsp3) is 0.267. The molecule has 0 aliphatic rings. The molecule has 1 unspecified atom stereocenters. The maximum atomic E-state index is 11.3. The Labute approximate surface area is 117 Å². The fourth-order valence-corrected chi connectivity index (χ4v) is 2.11. The molecule has 4 heteroatoms. The average Bonchev–Trinajstić information content (AvgIpc) is 2.37. The lowest BCUT2D eigenvalue weighted by Crippen LogP contribution is -2.21. The van der Waals surface area contributed by atoms with Gasteiger partial charge in [-0.15, -0.1) is 0 Å². The van der Waals surface area contributed by atoms with Crippen LogP contribution in [-0.4, -0.2) is 10.6 Å². The number of halogens is 1. The van der Waals surface area contributed by atoms with Gasteiger partial charge in [-0.25, -0.2) is 0 Å². The molecule has 0 saturated carbocycles. The van der Waals surface area contributed by atoms with E-state index in [4.69, 9.17) is 11.6 Å². The van der Waals surface area contributed by atoms with Crippen LogP contribution in [-0.2, 0) is 13.5 Å². The van der Waals surface area contributed by atoms with Crippen LogP contribution in [0.3, 0.4) is 0 Å². The molecule has 1 N–H and O–H groups in total. The van der Waals surface area contributed by atoms with Crippen molar-refractivity contribution in [3.05, 3.63) is 63.5 Å². The van der Waals surface area contributed by atoms with Crippen LogP contribution < -0.4 is 10.9 Å². The van der Waals surface area contributed by atoms with Gasteiger partial charge in [0.2, 0.25) is 5.56 Å². The molecule has 0 fully saturated rings. The minimum absolute atomic E-state index is 0.00379. The van der Waals surface area contributed by atoms with E-state index in [1.54, 1.807) is 29.9 Å². The standard InChI is InChI=1S/C15H17ClN2O/c1-11(9-12-3-5-13(16)6-4-12)17-14-7-8-15(19)18(2)10-14/h3-8,10-11,17H,9H2,1-2H3. The predicted octanol–water partition coefficient (Wildman–Crippen LogP) is 3.08. The average molecular weight is 277 g/mol. The molecule has 1 aromatic carbocycles. The molecular formula is C15H17ClN2O. The van der Waals surface area contributed by atoms with Crippen molar-refractivity contribution in [3.8, 4) is 0 Å².